The standard InChI is InChI=1S/C17H21ClN4O4S2/c1-10(2)28(24,25)22-7-6-12-15(9-22)27-17(20-12)21-16(23)19-13-8-11(18)4-5-14(13)26-3/h4-5,8,10H,6-7,9H2,1-3H3,(H2,19,20,21,23). The zero-order valence-corrected chi connectivity index (χ0v) is 18.0. The van der Waals surface area contributed by atoms with Crippen molar-refractivity contribution in [2.75, 3.05) is 24.3 Å². The highest BCUT2D eigenvalue weighted by Gasteiger charge is 2.31. The number of sulfonamides is 1. The van der Waals surface area contributed by atoms with Crippen LogP contribution in [0.3, 0.4) is 0 Å². The Morgan fingerprint density at radius 3 is 2.79 bits per heavy atom. The lowest BCUT2D eigenvalue weighted by Gasteiger charge is -2.26. The van der Waals surface area contributed by atoms with Gasteiger partial charge in [-0.2, -0.15) is 4.31 Å². The van der Waals surface area contributed by atoms with Crippen LogP contribution < -0.4 is 15.4 Å². The van der Waals surface area contributed by atoms with Crippen molar-refractivity contribution in [3.63, 3.8) is 0 Å². The maximum absolute atomic E-state index is 12.4. The molecular formula is C17H21ClN4O4S2. The number of fused-ring (bicyclic) bond motifs is 1. The van der Waals surface area contributed by atoms with Crippen LogP contribution in [-0.4, -0.2) is 42.6 Å². The summed E-state index contributed by atoms with van der Waals surface area (Å²) in [6.45, 7) is 4.00. The Labute approximate surface area is 172 Å². The first-order valence-electron chi connectivity index (χ1n) is 8.59. The highest BCUT2D eigenvalue weighted by atomic mass is 35.5. The summed E-state index contributed by atoms with van der Waals surface area (Å²) in [5.74, 6) is 0.479. The molecule has 0 unspecified atom stereocenters. The summed E-state index contributed by atoms with van der Waals surface area (Å²) in [5, 5.41) is 5.77. The number of hydrogen-bond acceptors (Lipinski definition) is 6. The van der Waals surface area contributed by atoms with Gasteiger partial charge in [-0.05, 0) is 32.0 Å². The summed E-state index contributed by atoms with van der Waals surface area (Å²) < 4.78 is 31.4. The zero-order chi connectivity index (χ0) is 20.5. The zero-order valence-electron chi connectivity index (χ0n) is 15.7. The Balaban J connectivity index is 1.70. The largest absolute Gasteiger partial charge is 0.495 e. The number of benzene rings is 1. The van der Waals surface area contributed by atoms with Crippen LogP contribution in [0, 0.1) is 0 Å². The van der Waals surface area contributed by atoms with Crippen LogP contribution in [0.25, 0.3) is 0 Å². The van der Waals surface area contributed by atoms with Crippen LogP contribution in [0.2, 0.25) is 5.02 Å². The van der Waals surface area contributed by atoms with E-state index in [1.165, 1.54) is 22.8 Å². The van der Waals surface area contributed by atoms with Gasteiger partial charge in [0.15, 0.2) is 5.13 Å². The summed E-state index contributed by atoms with van der Waals surface area (Å²) >= 11 is 7.24. The number of nitrogens with zero attached hydrogens (tertiary/aromatic N) is 2. The van der Waals surface area contributed by atoms with Crippen molar-refractivity contribution in [1.82, 2.24) is 9.29 Å². The molecule has 3 rings (SSSR count). The molecule has 2 amide bonds. The van der Waals surface area contributed by atoms with E-state index in [2.05, 4.69) is 15.6 Å². The quantitative estimate of drug-likeness (QED) is 0.734. The van der Waals surface area contributed by atoms with Gasteiger partial charge in [0.05, 0.1) is 23.7 Å². The molecule has 1 aromatic heterocycles. The molecule has 2 N–H and O–H groups in total. The van der Waals surface area contributed by atoms with Crippen molar-refractivity contribution < 1.29 is 17.9 Å². The molecule has 11 heteroatoms. The topological polar surface area (TPSA) is 101 Å². The van der Waals surface area contributed by atoms with E-state index < -0.39 is 21.3 Å². The minimum Gasteiger partial charge on any atom is -0.495 e. The molecule has 152 valence electrons. The first-order chi connectivity index (χ1) is 13.2. The van der Waals surface area contributed by atoms with E-state index >= 15 is 0 Å². The first kappa shape index (κ1) is 20.8. The number of ether oxygens (including phenoxy) is 1. The number of aromatic nitrogens is 1. The number of hydrogen-bond donors (Lipinski definition) is 2. The number of urea groups is 1. The minimum absolute atomic E-state index is 0.277. The Morgan fingerprint density at radius 1 is 1.36 bits per heavy atom. The molecule has 1 aliphatic heterocycles. The highest BCUT2D eigenvalue weighted by Crippen LogP contribution is 2.31. The number of amides is 2. The van der Waals surface area contributed by atoms with Gasteiger partial charge in [-0.3, -0.25) is 5.32 Å². The summed E-state index contributed by atoms with van der Waals surface area (Å²) in [4.78, 5) is 17.6. The smallest absolute Gasteiger partial charge is 0.325 e. The summed E-state index contributed by atoms with van der Waals surface area (Å²) in [7, 11) is -1.82. The Hall–Kier alpha value is -1.88. The van der Waals surface area contributed by atoms with Gasteiger partial charge in [0.25, 0.3) is 0 Å². The number of anilines is 2. The molecule has 0 bridgehead atoms. The molecule has 0 radical (unpaired) electrons. The minimum atomic E-state index is -3.32. The lowest BCUT2D eigenvalue weighted by molar-refractivity contribution is 0.262. The molecule has 1 aliphatic rings. The number of methoxy groups -OCH3 is 1. The third kappa shape index (κ3) is 4.40. The normalized spacial score (nSPS) is 14.6. The second-order valence-electron chi connectivity index (χ2n) is 6.49. The van der Waals surface area contributed by atoms with E-state index in [1.54, 1.807) is 32.0 Å². The van der Waals surface area contributed by atoms with Crippen LogP contribution in [0.5, 0.6) is 5.75 Å². The molecule has 0 saturated heterocycles. The van der Waals surface area contributed by atoms with E-state index in [9.17, 15) is 13.2 Å². The Bertz CT molecular complexity index is 991. The summed E-state index contributed by atoms with van der Waals surface area (Å²) in [5.41, 5.74) is 1.25. The molecule has 2 aromatic rings. The van der Waals surface area contributed by atoms with E-state index in [0.717, 1.165) is 10.6 Å². The maximum atomic E-state index is 12.4. The third-order valence-corrected chi connectivity index (χ3v) is 7.74. The Morgan fingerprint density at radius 2 is 2.11 bits per heavy atom. The fraction of sp³-hybridized carbons (Fsp3) is 0.412. The average molecular weight is 445 g/mol. The highest BCUT2D eigenvalue weighted by molar-refractivity contribution is 7.89. The molecule has 1 aromatic carbocycles. The lowest BCUT2D eigenvalue weighted by Crippen LogP contribution is -2.39. The average Bonchev–Trinajstić information content (AvgIpc) is 3.02. The Kier molecular flexibility index (Phi) is 6.13. The molecule has 0 atom stereocenters. The van der Waals surface area contributed by atoms with Crippen LogP contribution >= 0.6 is 22.9 Å². The molecule has 0 fully saturated rings. The van der Waals surface area contributed by atoms with Crippen LogP contribution in [0.4, 0.5) is 15.6 Å². The van der Waals surface area contributed by atoms with Crippen molar-refractivity contribution in [3.05, 3.63) is 33.8 Å². The van der Waals surface area contributed by atoms with Gasteiger partial charge >= 0.3 is 6.03 Å². The fourth-order valence-corrected chi connectivity index (χ4v) is 5.29. The monoisotopic (exact) mass is 444 g/mol. The van der Waals surface area contributed by atoms with E-state index in [4.69, 9.17) is 16.3 Å². The maximum Gasteiger partial charge on any atom is 0.325 e. The van der Waals surface area contributed by atoms with Crippen molar-refractivity contribution >= 4 is 49.8 Å². The van der Waals surface area contributed by atoms with Crippen molar-refractivity contribution in [2.24, 2.45) is 0 Å². The first-order valence-corrected chi connectivity index (χ1v) is 11.3. The molecule has 8 nitrogen and oxygen atoms in total. The molecule has 0 spiro atoms. The van der Waals surface area contributed by atoms with Gasteiger partial charge in [-0.25, -0.2) is 18.2 Å². The fourth-order valence-electron chi connectivity index (χ4n) is 2.77. The van der Waals surface area contributed by atoms with Gasteiger partial charge in [0.2, 0.25) is 10.0 Å². The van der Waals surface area contributed by atoms with Crippen LogP contribution in [-0.2, 0) is 23.0 Å². The SMILES string of the molecule is COc1ccc(Cl)cc1NC(=O)Nc1nc2c(s1)CN(S(=O)(=O)C(C)C)CC2. The predicted octanol–water partition coefficient (Wildman–Crippen LogP) is 3.55. The van der Waals surface area contributed by atoms with E-state index in [1.807, 2.05) is 0 Å². The number of carbonyl (C=O) groups excluding carboxylic acids is 1. The molecule has 0 saturated carbocycles. The number of nitrogens with one attached hydrogen (secondary N) is 2. The number of carbonyl (C=O) groups is 1. The van der Waals surface area contributed by atoms with Gasteiger partial charge in [0.1, 0.15) is 5.75 Å². The van der Waals surface area contributed by atoms with Crippen molar-refractivity contribution in [2.45, 2.75) is 32.1 Å². The van der Waals surface area contributed by atoms with E-state index in [-0.39, 0.29) is 6.54 Å². The van der Waals surface area contributed by atoms with Gasteiger partial charge in [0, 0.05) is 29.4 Å². The molecule has 28 heavy (non-hydrogen) atoms. The molecule has 0 aliphatic carbocycles. The van der Waals surface area contributed by atoms with Crippen molar-refractivity contribution in [3.8, 4) is 5.75 Å². The third-order valence-electron chi connectivity index (χ3n) is 4.28. The summed E-state index contributed by atoms with van der Waals surface area (Å²) in [6.07, 6.45) is 0.517. The predicted molar refractivity (Wildman–Crippen MR) is 111 cm³/mol. The number of thiazole rings is 1. The number of rotatable bonds is 5. The van der Waals surface area contributed by atoms with Gasteiger partial charge in [-0.15, -0.1) is 0 Å². The molecular weight excluding hydrogens is 424 g/mol. The molecule has 2 heterocycles. The van der Waals surface area contributed by atoms with E-state index in [0.29, 0.717) is 34.6 Å². The second-order valence-corrected chi connectivity index (χ2v) is 10.5. The van der Waals surface area contributed by atoms with Crippen molar-refractivity contribution in [1.29, 1.82) is 0 Å². The van der Waals surface area contributed by atoms with Crippen LogP contribution in [0.15, 0.2) is 18.2 Å². The second kappa shape index (κ2) is 8.24. The number of halogens is 1. The van der Waals surface area contributed by atoms with Gasteiger partial charge in [-0.1, -0.05) is 22.9 Å². The van der Waals surface area contributed by atoms with Crippen LogP contribution in [0.1, 0.15) is 24.4 Å². The lowest BCUT2D eigenvalue weighted by atomic mass is 10.2. The summed E-state index contributed by atoms with van der Waals surface area (Å²) in [6, 6.07) is 4.42. The van der Waals surface area contributed by atoms with Gasteiger partial charge < -0.3 is 10.1 Å².